The highest BCUT2D eigenvalue weighted by Crippen LogP contribution is 2.32. The van der Waals surface area contributed by atoms with Gasteiger partial charge in [-0.15, -0.1) is 0 Å². The van der Waals surface area contributed by atoms with Gasteiger partial charge in [0.2, 0.25) is 5.91 Å². The molecule has 1 amide bonds. The zero-order valence-corrected chi connectivity index (χ0v) is 10.0. The van der Waals surface area contributed by atoms with Crippen molar-refractivity contribution in [3.05, 3.63) is 22.4 Å². The lowest BCUT2D eigenvalue weighted by Gasteiger charge is -2.29. The molecule has 1 atom stereocenters. The van der Waals surface area contributed by atoms with Crippen LogP contribution in [0.1, 0.15) is 37.4 Å². The van der Waals surface area contributed by atoms with Gasteiger partial charge in [-0.1, -0.05) is 12.8 Å². The number of nitrogens with zero attached hydrogens (tertiary/aromatic N) is 1. The van der Waals surface area contributed by atoms with Gasteiger partial charge in [0.05, 0.1) is 6.54 Å². The van der Waals surface area contributed by atoms with Crippen LogP contribution in [0.15, 0.2) is 16.8 Å². The van der Waals surface area contributed by atoms with Gasteiger partial charge < -0.3 is 4.90 Å². The summed E-state index contributed by atoms with van der Waals surface area (Å²) in [6.07, 6.45) is 5.01. The van der Waals surface area contributed by atoms with E-state index in [-0.39, 0.29) is 12.1 Å². The second-order valence-corrected chi connectivity index (χ2v) is 5.36. The average Bonchev–Trinajstić information content (AvgIpc) is 2.96. The Morgan fingerprint density at radius 2 is 2.19 bits per heavy atom. The molecule has 1 aliphatic heterocycles. The number of thiophene rings is 1. The van der Waals surface area contributed by atoms with Crippen molar-refractivity contribution in [1.82, 2.24) is 10.2 Å². The minimum absolute atomic E-state index is 0.127. The second kappa shape index (κ2) is 4.18. The lowest BCUT2D eigenvalue weighted by atomic mass is 10.1. The molecule has 3 rings (SSSR count). The third kappa shape index (κ3) is 1.66. The van der Waals surface area contributed by atoms with Crippen molar-refractivity contribution in [2.24, 2.45) is 0 Å². The van der Waals surface area contributed by atoms with Crippen molar-refractivity contribution >= 4 is 17.2 Å². The first-order valence-electron chi connectivity index (χ1n) is 5.93. The maximum absolute atomic E-state index is 11.9. The van der Waals surface area contributed by atoms with E-state index in [1.807, 2.05) is 0 Å². The van der Waals surface area contributed by atoms with E-state index in [4.69, 9.17) is 0 Å². The zero-order valence-electron chi connectivity index (χ0n) is 9.19. The van der Waals surface area contributed by atoms with Crippen LogP contribution in [-0.2, 0) is 4.79 Å². The Balaban J connectivity index is 1.84. The van der Waals surface area contributed by atoms with Gasteiger partial charge in [0, 0.05) is 6.04 Å². The largest absolute Gasteiger partial charge is 0.319 e. The van der Waals surface area contributed by atoms with Crippen molar-refractivity contribution in [2.75, 3.05) is 6.54 Å². The predicted octanol–water partition coefficient (Wildman–Crippen LogP) is 2.12. The summed E-state index contributed by atoms with van der Waals surface area (Å²) in [5.74, 6) is 0.267. The lowest BCUT2D eigenvalue weighted by Crippen LogP contribution is -2.37. The number of carbonyl (C=O) groups is 1. The summed E-state index contributed by atoms with van der Waals surface area (Å²) in [5, 5.41) is 7.53. The number of carbonyl (C=O) groups excluding carboxylic acids is 1. The molecule has 1 unspecified atom stereocenters. The normalized spacial score (nSPS) is 26.9. The van der Waals surface area contributed by atoms with Crippen LogP contribution in [0, 0.1) is 0 Å². The molecule has 1 aromatic heterocycles. The van der Waals surface area contributed by atoms with Crippen molar-refractivity contribution in [3.63, 3.8) is 0 Å². The maximum Gasteiger partial charge on any atom is 0.238 e. The molecule has 0 bridgehead atoms. The molecule has 0 aromatic carbocycles. The van der Waals surface area contributed by atoms with Gasteiger partial charge in [0.1, 0.15) is 6.17 Å². The van der Waals surface area contributed by atoms with Crippen LogP contribution in [0.2, 0.25) is 0 Å². The fourth-order valence-electron chi connectivity index (χ4n) is 2.82. The SMILES string of the molecule is O=C1CNC(c2ccsc2)N1C1CCCC1. The van der Waals surface area contributed by atoms with Crippen molar-refractivity contribution in [2.45, 2.75) is 37.9 Å². The Bertz CT molecular complexity index is 370. The van der Waals surface area contributed by atoms with E-state index in [2.05, 4.69) is 27.0 Å². The summed E-state index contributed by atoms with van der Waals surface area (Å²) in [4.78, 5) is 14.0. The van der Waals surface area contributed by atoms with Gasteiger partial charge in [-0.2, -0.15) is 11.3 Å². The standard InChI is InChI=1S/C12H16N2OS/c15-11-7-13-12(9-5-6-16-8-9)14(11)10-3-1-2-4-10/h5-6,8,10,12-13H,1-4,7H2. The Hall–Kier alpha value is -0.870. The summed E-state index contributed by atoms with van der Waals surface area (Å²) in [7, 11) is 0. The molecule has 0 radical (unpaired) electrons. The fraction of sp³-hybridized carbons (Fsp3) is 0.583. The highest BCUT2D eigenvalue weighted by Gasteiger charge is 2.37. The van der Waals surface area contributed by atoms with E-state index in [1.54, 1.807) is 11.3 Å². The molecule has 1 saturated carbocycles. The Morgan fingerprint density at radius 3 is 2.88 bits per heavy atom. The third-order valence-corrected chi connectivity index (χ3v) is 4.29. The van der Waals surface area contributed by atoms with E-state index in [1.165, 1.54) is 31.2 Å². The monoisotopic (exact) mass is 236 g/mol. The molecule has 2 aliphatic rings. The quantitative estimate of drug-likeness (QED) is 0.853. The molecule has 1 aliphatic carbocycles. The van der Waals surface area contributed by atoms with Gasteiger partial charge >= 0.3 is 0 Å². The molecular weight excluding hydrogens is 220 g/mol. The minimum atomic E-state index is 0.127. The van der Waals surface area contributed by atoms with Gasteiger partial charge in [-0.05, 0) is 35.2 Å². The molecule has 1 N–H and O–H groups in total. The molecule has 0 spiro atoms. The second-order valence-electron chi connectivity index (χ2n) is 4.58. The minimum Gasteiger partial charge on any atom is -0.319 e. The van der Waals surface area contributed by atoms with Crippen LogP contribution in [0.3, 0.4) is 0 Å². The molecule has 2 heterocycles. The third-order valence-electron chi connectivity index (χ3n) is 3.59. The highest BCUT2D eigenvalue weighted by atomic mass is 32.1. The van der Waals surface area contributed by atoms with Crippen molar-refractivity contribution < 1.29 is 4.79 Å². The number of rotatable bonds is 2. The predicted molar refractivity (Wildman–Crippen MR) is 64.2 cm³/mol. The molecular formula is C12H16N2OS. The summed E-state index contributed by atoms with van der Waals surface area (Å²) in [6, 6.07) is 2.58. The Morgan fingerprint density at radius 1 is 1.38 bits per heavy atom. The van der Waals surface area contributed by atoms with Crippen LogP contribution in [0.25, 0.3) is 0 Å². The van der Waals surface area contributed by atoms with E-state index in [0.29, 0.717) is 12.6 Å². The maximum atomic E-state index is 11.9. The first kappa shape index (κ1) is 10.3. The van der Waals surface area contributed by atoms with E-state index >= 15 is 0 Å². The molecule has 86 valence electrons. The highest BCUT2D eigenvalue weighted by molar-refractivity contribution is 7.07. The summed E-state index contributed by atoms with van der Waals surface area (Å²) < 4.78 is 0. The van der Waals surface area contributed by atoms with Crippen LogP contribution in [0.5, 0.6) is 0 Å². The van der Waals surface area contributed by atoms with Gasteiger partial charge in [-0.3, -0.25) is 10.1 Å². The van der Waals surface area contributed by atoms with Gasteiger partial charge in [0.15, 0.2) is 0 Å². The molecule has 4 heteroatoms. The van der Waals surface area contributed by atoms with Crippen LogP contribution < -0.4 is 5.32 Å². The molecule has 3 nitrogen and oxygen atoms in total. The average molecular weight is 236 g/mol. The first-order chi connectivity index (χ1) is 7.86. The fourth-order valence-corrected chi connectivity index (χ4v) is 3.50. The molecule has 1 aromatic rings. The Labute approximate surface area is 99.5 Å². The van der Waals surface area contributed by atoms with E-state index in [0.717, 1.165) is 0 Å². The van der Waals surface area contributed by atoms with Gasteiger partial charge in [0.25, 0.3) is 0 Å². The summed E-state index contributed by atoms with van der Waals surface area (Å²) in [6.45, 7) is 0.497. The number of amides is 1. The van der Waals surface area contributed by atoms with E-state index in [9.17, 15) is 4.79 Å². The van der Waals surface area contributed by atoms with Gasteiger partial charge in [-0.25, -0.2) is 0 Å². The Kier molecular flexibility index (Phi) is 2.69. The first-order valence-corrected chi connectivity index (χ1v) is 6.87. The molecule has 16 heavy (non-hydrogen) atoms. The zero-order chi connectivity index (χ0) is 11.0. The van der Waals surface area contributed by atoms with Crippen LogP contribution in [0.4, 0.5) is 0 Å². The number of hydrogen-bond acceptors (Lipinski definition) is 3. The smallest absolute Gasteiger partial charge is 0.238 e. The van der Waals surface area contributed by atoms with Crippen LogP contribution >= 0.6 is 11.3 Å². The molecule has 2 fully saturated rings. The van der Waals surface area contributed by atoms with Crippen molar-refractivity contribution in [3.8, 4) is 0 Å². The summed E-state index contributed by atoms with van der Waals surface area (Å²) >= 11 is 1.69. The van der Waals surface area contributed by atoms with E-state index < -0.39 is 0 Å². The molecule has 1 saturated heterocycles. The van der Waals surface area contributed by atoms with Crippen molar-refractivity contribution in [1.29, 1.82) is 0 Å². The summed E-state index contributed by atoms with van der Waals surface area (Å²) in [5.41, 5.74) is 1.24. The lowest BCUT2D eigenvalue weighted by molar-refractivity contribution is -0.130. The topological polar surface area (TPSA) is 32.3 Å². The van der Waals surface area contributed by atoms with Crippen LogP contribution in [-0.4, -0.2) is 23.4 Å². The number of nitrogens with one attached hydrogen (secondary N) is 1. The number of hydrogen-bond donors (Lipinski definition) is 1.